The Hall–Kier alpha value is -1.27. The fourth-order valence-corrected chi connectivity index (χ4v) is 3.00. The second kappa shape index (κ2) is 6.95. The normalized spacial score (nSPS) is 11.3. The number of carboxylic acid groups (broad SMARTS) is 1. The van der Waals surface area contributed by atoms with Gasteiger partial charge in [0.25, 0.3) is 9.05 Å². The van der Waals surface area contributed by atoms with Crippen LogP contribution in [-0.2, 0) is 13.8 Å². The van der Waals surface area contributed by atoms with Crippen LogP contribution in [0.1, 0.15) is 30.4 Å². The van der Waals surface area contributed by atoms with Gasteiger partial charge in [-0.2, -0.15) is 0 Å². The summed E-state index contributed by atoms with van der Waals surface area (Å²) < 4.78 is 28.2. The summed E-state index contributed by atoms with van der Waals surface area (Å²) in [5.74, 6) is -0.240. The molecule has 0 aromatic heterocycles. The van der Waals surface area contributed by atoms with Crippen LogP contribution < -0.4 is 4.74 Å². The average molecular weight is 321 g/mol. The Morgan fingerprint density at radius 2 is 1.90 bits per heavy atom. The van der Waals surface area contributed by atoms with E-state index in [0.717, 1.165) is 0 Å². The lowest BCUT2D eigenvalue weighted by Crippen LogP contribution is -2.03. The molecule has 0 saturated carbocycles. The zero-order chi connectivity index (χ0) is 15.3. The number of aliphatic carboxylic acids is 1. The van der Waals surface area contributed by atoms with Crippen molar-refractivity contribution in [3.05, 3.63) is 23.3 Å². The van der Waals surface area contributed by atoms with Crippen LogP contribution in [0.5, 0.6) is 5.75 Å². The Morgan fingerprint density at radius 1 is 1.25 bits per heavy atom. The van der Waals surface area contributed by atoms with Gasteiger partial charge in [0.05, 0.1) is 11.5 Å². The number of carboxylic acids is 1. The van der Waals surface area contributed by atoms with Crippen LogP contribution in [0.3, 0.4) is 0 Å². The smallest absolute Gasteiger partial charge is 0.303 e. The van der Waals surface area contributed by atoms with Gasteiger partial charge < -0.3 is 9.84 Å². The van der Waals surface area contributed by atoms with Gasteiger partial charge in [0, 0.05) is 17.1 Å². The van der Waals surface area contributed by atoms with Crippen LogP contribution in [0.25, 0.3) is 0 Å². The van der Waals surface area contributed by atoms with E-state index in [2.05, 4.69) is 0 Å². The van der Waals surface area contributed by atoms with Crippen LogP contribution in [0, 0.1) is 13.8 Å². The minimum Gasteiger partial charge on any atom is -0.493 e. The molecular formula is C13H17ClO5S. The lowest BCUT2D eigenvalue weighted by molar-refractivity contribution is -0.137. The van der Waals surface area contributed by atoms with Gasteiger partial charge in [-0.05, 0) is 49.9 Å². The van der Waals surface area contributed by atoms with Crippen LogP contribution >= 0.6 is 10.7 Å². The molecule has 0 aliphatic carbocycles. The number of benzene rings is 1. The average Bonchev–Trinajstić information content (AvgIpc) is 2.30. The van der Waals surface area contributed by atoms with E-state index in [1.807, 2.05) is 0 Å². The number of unbranched alkanes of at least 4 members (excludes halogenated alkanes) is 1. The Balaban J connectivity index is 2.69. The molecule has 0 aliphatic heterocycles. The van der Waals surface area contributed by atoms with Crippen molar-refractivity contribution in [3.63, 3.8) is 0 Å². The van der Waals surface area contributed by atoms with E-state index in [-0.39, 0.29) is 11.3 Å². The van der Waals surface area contributed by atoms with Gasteiger partial charge in [0.15, 0.2) is 0 Å². The summed E-state index contributed by atoms with van der Waals surface area (Å²) in [4.78, 5) is 10.4. The van der Waals surface area contributed by atoms with Crippen LogP contribution in [0.2, 0.25) is 0 Å². The molecule has 7 heteroatoms. The van der Waals surface area contributed by atoms with Crippen LogP contribution in [0.4, 0.5) is 0 Å². The van der Waals surface area contributed by atoms with Gasteiger partial charge in [-0.25, -0.2) is 8.42 Å². The van der Waals surface area contributed by atoms with Gasteiger partial charge in [-0.3, -0.25) is 4.79 Å². The first-order chi connectivity index (χ1) is 9.21. The highest BCUT2D eigenvalue weighted by molar-refractivity contribution is 8.13. The number of ether oxygens (including phenoxy) is 1. The molecule has 0 spiro atoms. The van der Waals surface area contributed by atoms with Crippen molar-refractivity contribution in [2.45, 2.75) is 38.0 Å². The molecule has 0 bridgehead atoms. The first kappa shape index (κ1) is 16.8. The Bertz CT molecular complexity index is 595. The molecule has 0 heterocycles. The monoisotopic (exact) mass is 320 g/mol. The number of halogens is 1. The summed E-state index contributed by atoms with van der Waals surface area (Å²) in [5.41, 5.74) is 1.19. The Labute approximate surface area is 122 Å². The third-order valence-electron chi connectivity index (χ3n) is 2.78. The second-order valence-electron chi connectivity index (χ2n) is 4.52. The SMILES string of the molecule is Cc1cc(S(=O)(=O)Cl)c(C)cc1OCCCCC(=O)O. The van der Waals surface area contributed by atoms with Gasteiger partial charge in [0.2, 0.25) is 0 Å². The van der Waals surface area contributed by atoms with Crippen molar-refractivity contribution in [1.82, 2.24) is 0 Å². The molecule has 0 atom stereocenters. The Morgan fingerprint density at radius 3 is 2.45 bits per heavy atom. The fraction of sp³-hybridized carbons (Fsp3) is 0.462. The fourth-order valence-electron chi connectivity index (χ4n) is 1.74. The summed E-state index contributed by atoms with van der Waals surface area (Å²) in [6, 6.07) is 3.10. The summed E-state index contributed by atoms with van der Waals surface area (Å²) >= 11 is 0. The van der Waals surface area contributed by atoms with Crippen molar-refractivity contribution < 1.29 is 23.1 Å². The minimum absolute atomic E-state index is 0.0786. The van der Waals surface area contributed by atoms with Crippen molar-refractivity contribution in [3.8, 4) is 5.75 Å². The summed E-state index contributed by atoms with van der Waals surface area (Å²) in [6.45, 7) is 3.77. The van der Waals surface area contributed by atoms with Gasteiger partial charge >= 0.3 is 5.97 Å². The topological polar surface area (TPSA) is 80.7 Å². The third-order valence-corrected chi connectivity index (χ3v) is 4.24. The molecule has 0 amide bonds. The molecule has 0 fully saturated rings. The van der Waals surface area contributed by atoms with E-state index in [9.17, 15) is 13.2 Å². The minimum atomic E-state index is -3.76. The zero-order valence-corrected chi connectivity index (χ0v) is 12.9. The maximum atomic E-state index is 11.3. The molecule has 112 valence electrons. The van der Waals surface area contributed by atoms with Crippen LogP contribution in [-0.4, -0.2) is 26.1 Å². The molecule has 1 N–H and O–H groups in total. The van der Waals surface area contributed by atoms with E-state index in [1.165, 1.54) is 6.07 Å². The number of carbonyl (C=O) groups is 1. The van der Waals surface area contributed by atoms with E-state index in [0.29, 0.717) is 36.3 Å². The maximum Gasteiger partial charge on any atom is 0.303 e. The first-order valence-electron chi connectivity index (χ1n) is 6.12. The number of hydrogen-bond donors (Lipinski definition) is 1. The van der Waals surface area contributed by atoms with Gasteiger partial charge in [0.1, 0.15) is 5.75 Å². The molecule has 5 nitrogen and oxygen atoms in total. The van der Waals surface area contributed by atoms with Gasteiger partial charge in [-0.15, -0.1) is 0 Å². The van der Waals surface area contributed by atoms with Crippen molar-refractivity contribution in [2.75, 3.05) is 6.61 Å². The zero-order valence-electron chi connectivity index (χ0n) is 11.3. The van der Waals surface area contributed by atoms with E-state index in [4.69, 9.17) is 20.5 Å². The van der Waals surface area contributed by atoms with E-state index in [1.54, 1.807) is 19.9 Å². The molecule has 0 unspecified atom stereocenters. The standard InChI is InChI=1S/C13H17ClO5S/c1-9-8-12(20(14,17)18)10(2)7-11(9)19-6-4-3-5-13(15)16/h7-8H,3-6H2,1-2H3,(H,15,16). The first-order valence-corrected chi connectivity index (χ1v) is 8.43. The highest BCUT2D eigenvalue weighted by atomic mass is 35.7. The summed E-state index contributed by atoms with van der Waals surface area (Å²) in [5, 5.41) is 8.51. The molecule has 1 aromatic carbocycles. The van der Waals surface area contributed by atoms with Crippen molar-refractivity contribution in [2.24, 2.45) is 0 Å². The molecule has 0 saturated heterocycles. The van der Waals surface area contributed by atoms with Crippen molar-refractivity contribution >= 4 is 25.7 Å². The molecule has 0 radical (unpaired) electrons. The lowest BCUT2D eigenvalue weighted by Gasteiger charge is -2.12. The number of aryl methyl sites for hydroxylation is 2. The molecule has 1 rings (SSSR count). The quantitative estimate of drug-likeness (QED) is 0.617. The molecule has 1 aromatic rings. The third kappa shape index (κ3) is 5.02. The lowest BCUT2D eigenvalue weighted by atomic mass is 10.1. The summed E-state index contributed by atoms with van der Waals surface area (Å²) in [6.07, 6.45) is 1.28. The van der Waals surface area contributed by atoms with Crippen LogP contribution in [0.15, 0.2) is 17.0 Å². The predicted octanol–water partition coefficient (Wildman–Crippen LogP) is 2.86. The molecular weight excluding hydrogens is 304 g/mol. The van der Waals surface area contributed by atoms with Crippen molar-refractivity contribution in [1.29, 1.82) is 0 Å². The highest BCUT2D eigenvalue weighted by Crippen LogP contribution is 2.28. The highest BCUT2D eigenvalue weighted by Gasteiger charge is 2.15. The van der Waals surface area contributed by atoms with E-state index < -0.39 is 15.0 Å². The van der Waals surface area contributed by atoms with E-state index >= 15 is 0 Å². The summed E-state index contributed by atoms with van der Waals surface area (Å²) in [7, 11) is 1.58. The predicted molar refractivity (Wildman–Crippen MR) is 75.9 cm³/mol. The Kier molecular flexibility index (Phi) is 5.83. The molecule has 20 heavy (non-hydrogen) atoms. The van der Waals surface area contributed by atoms with Gasteiger partial charge in [-0.1, -0.05) is 0 Å². The number of rotatable bonds is 7. The maximum absolute atomic E-state index is 11.3. The largest absolute Gasteiger partial charge is 0.493 e. The number of hydrogen-bond acceptors (Lipinski definition) is 4. The molecule has 0 aliphatic rings. The second-order valence-corrected chi connectivity index (χ2v) is 7.05.